The SMILES string of the molecule is O=C(OC1CC(O)C(O)CC1O)OC1CC(O)C(O)CC1O. The third-order valence-corrected chi connectivity index (χ3v) is 4.16. The van der Waals surface area contributed by atoms with Crippen molar-refractivity contribution in [1.29, 1.82) is 0 Å². The minimum absolute atomic E-state index is 0.129. The van der Waals surface area contributed by atoms with Gasteiger partial charge in [-0.2, -0.15) is 0 Å². The highest BCUT2D eigenvalue weighted by molar-refractivity contribution is 5.60. The van der Waals surface area contributed by atoms with Crippen LogP contribution in [0.25, 0.3) is 0 Å². The van der Waals surface area contributed by atoms with Crippen molar-refractivity contribution >= 4 is 6.16 Å². The standard InChI is InChI=1S/C13H22O9/c14-5-1-9(18)11(3-7(5)16)21-13(20)22-12-4-8(17)6(15)2-10(12)19/h5-12,14-19H,1-4H2. The van der Waals surface area contributed by atoms with Crippen LogP contribution in [0, 0.1) is 0 Å². The first kappa shape index (κ1) is 17.4. The van der Waals surface area contributed by atoms with E-state index in [1.165, 1.54) is 0 Å². The molecule has 9 heteroatoms. The second-order valence-electron chi connectivity index (χ2n) is 5.91. The normalized spacial score (nSPS) is 46.1. The van der Waals surface area contributed by atoms with E-state index >= 15 is 0 Å². The van der Waals surface area contributed by atoms with E-state index in [-0.39, 0.29) is 25.7 Å². The van der Waals surface area contributed by atoms with Gasteiger partial charge in [0, 0.05) is 25.7 Å². The van der Waals surface area contributed by atoms with Gasteiger partial charge in [-0.05, 0) is 0 Å². The summed E-state index contributed by atoms with van der Waals surface area (Å²) in [6.45, 7) is 0. The molecule has 0 aromatic carbocycles. The molecule has 128 valence electrons. The lowest BCUT2D eigenvalue weighted by molar-refractivity contribution is -0.143. The Morgan fingerprint density at radius 1 is 0.591 bits per heavy atom. The number of aliphatic hydroxyl groups is 6. The zero-order valence-electron chi connectivity index (χ0n) is 11.9. The summed E-state index contributed by atoms with van der Waals surface area (Å²) in [5.74, 6) is 0. The molecule has 0 radical (unpaired) electrons. The van der Waals surface area contributed by atoms with Crippen molar-refractivity contribution in [2.45, 2.75) is 74.5 Å². The van der Waals surface area contributed by atoms with Crippen LogP contribution in [0.3, 0.4) is 0 Å². The van der Waals surface area contributed by atoms with Crippen LogP contribution in [-0.2, 0) is 9.47 Å². The number of hydrogen-bond acceptors (Lipinski definition) is 9. The Morgan fingerprint density at radius 3 is 1.27 bits per heavy atom. The lowest BCUT2D eigenvalue weighted by atomic mass is 9.90. The molecular formula is C13H22O9. The van der Waals surface area contributed by atoms with Crippen molar-refractivity contribution < 1.29 is 44.9 Å². The summed E-state index contributed by atoms with van der Waals surface area (Å²) >= 11 is 0. The maximum Gasteiger partial charge on any atom is 0.509 e. The molecule has 2 fully saturated rings. The second kappa shape index (κ2) is 7.07. The molecule has 0 amide bonds. The van der Waals surface area contributed by atoms with Gasteiger partial charge in [-0.15, -0.1) is 0 Å². The molecule has 0 aliphatic heterocycles. The van der Waals surface area contributed by atoms with Gasteiger partial charge in [0.2, 0.25) is 0 Å². The van der Waals surface area contributed by atoms with Crippen LogP contribution in [0.2, 0.25) is 0 Å². The average Bonchev–Trinajstić information content (AvgIpc) is 2.42. The number of carbonyl (C=O) groups excluding carboxylic acids is 1. The maximum absolute atomic E-state index is 11.7. The Balaban J connectivity index is 1.85. The molecule has 8 atom stereocenters. The Labute approximate surface area is 126 Å². The molecule has 9 nitrogen and oxygen atoms in total. The van der Waals surface area contributed by atoms with Crippen molar-refractivity contribution in [2.75, 3.05) is 0 Å². The fourth-order valence-electron chi connectivity index (χ4n) is 2.75. The number of rotatable bonds is 2. The van der Waals surface area contributed by atoms with Gasteiger partial charge in [0.25, 0.3) is 0 Å². The van der Waals surface area contributed by atoms with Gasteiger partial charge >= 0.3 is 6.16 Å². The summed E-state index contributed by atoms with van der Waals surface area (Å²) in [5.41, 5.74) is 0. The fraction of sp³-hybridized carbons (Fsp3) is 0.923. The summed E-state index contributed by atoms with van der Waals surface area (Å²) in [6, 6.07) is 0. The lowest BCUT2D eigenvalue weighted by Gasteiger charge is -2.35. The Morgan fingerprint density at radius 2 is 0.909 bits per heavy atom. The molecule has 2 saturated carbocycles. The summed E-state index contributed by atoms with van der Waals surface area (Å²) in [5, 5.41) is 57.2. The monoisotopic (exact) mass is 322 g/mol. The maximum atomic E-state index is 11.7. The molecule has 0 spiro atoms. The van der Waals surface area contributed by atoms with Crippen LogP contribution in [0.4, 0.5) is 4.79 Å². The molecule has 0 heterocycles. The smallest absolute Gasteiger partial charge is 0.428 e. The van der Waals surface area contributed by atoms with E-state index in [1.807, 2.05) is 0 Å². The molecule has 0 bridgehead atoms. The van der Waals surface area contributed by atoms with E-state index in [0.717, 1.165) is 0 Å². The van der Waals surface area contributed by atoms with Gasteiger partial charge in [-0.3, -0.25) is 0 Å². The molecule has 0 aromatic heterocycles. The van der Waals surface area contributed by atoms with Crippen LogP contribution in [0.15, 0.2) is 0 Å². The zero-order chi connectivity index (χ0) is 16.4. The molecule has 0 aromatic rings. The highest BCUT2D eigenvalue weighted by Gasteiger charge is 2.40. The van der Waals surface area contributed by atoms with Crippen LogP contribution < -0.4 is 0 Å². The van der Waals surface area contributed by atoms with E-state index in [2.05, 4.69) is 0 Å². The Bertz CT molecular complexity index is 356. The van der Waals surface area contributed by atoms with Crippen molar-refractivity contribution in [3.05, 3.63) is 0 Å². The van der Waals surface area contributed by atoms with Gasteiger partial charge < -0.3 is 40.1 Å². The molecule has 22 heavy (non-hydrogen) atoms. The van der Waals surface area contributed by atoms with Crippen LogP contribution in [0.5, 0.6) is 0 Å². The minimum atomic E-state index is -1.15. The van der Waals surface area contributed by atoms with E-state index in [1.54, 1.807) is 0 Å². The predicted octanol–water partition coefficient (Wildman–Crippen LogP) is -2.37. The largest absolute Gasteiger partial charge is 0.509 e. The molecule has 8 unspecified atom stereocenters. The van der Waals surface area contributed by atoms with Gasteiger partial charge in [0.1, 0.15) is 12.2 Å². The third-order valence-electron chi connectivity index (χ3n) is 4.16. The molecule has 2 aliphatic rings. The lowest BCUT2D eigenvalue weighted by Crippen LogP contribution is -2.49. The fourth-order valence-corrected chi connectivity index (χ4v) is 2.75. The van der Waals surface area contributed by atoms with Crippen LogP contribution >= 0.6 is 0 Å². The molecular weight excluding hydrogens is 300 g/mol. The third kappa shape index (κ3) is 4.06. The number of carbonyl (C=O) groups is 1. The first-order valence-electron chi connectivity index (χ1n) is 7.23. The first-order valence-corrected chi connectivity index (χ1v) is 7.23. The molecule has 2 aliphatic carbocycles. The van der Waals surface area contributed by atoms with Gasteiger partial charge in [-0.25, -0.2) is 4.79 Å². The molecule has 0 saturated heterocycles. The van der Waals surface area contributed by atoms with Crippen molar-refractivity contribution in [1.82, 2.24) is 0 Å². The Kier molecular flexibility index (Phi) is 5.59. The van der Waals surface area contributed by atoms with E-state index in [4.69, 9.17) is 9.47 Å². The van der Waals surface area contributed by atoms with Gasteiger partial charge in [0.05, 0.1) is 36.6 Å². The molecule has 2 rings (SSSR count). The quantitative estimate of drug-likeness (QED) is 0.306. The number of ether oxygens (including phenoxy) is 2. The second-order valence-corrected chi connectivity index (χ2v) is 5.91. The summed E-state index contributed by atoms with van der Waals surface area (Å²) < 4.78 is 9.80. The number of hydrogen-bond donors (Lipinski definition) is 6. The average molecular weight is 322 g/mol. The summed E-state index contributed by atoms with van der Waals surface area (Å²) in [4.78, 5) is 11.7. The molecule has 6 N–H and O–H groups in total. The van der Waals surface area contributed by atoms with Crippen molar-refractivity contribution in [3.63, 3.8) is 0 Å². The minimum Gasteiger partial charge on any atom is -0.428 e. The van der Waals surface area contributed by atoms with Crippen LogP contribution in [0.1, 0.15) is 25.7 Å². The van der Waals surface area contributed by atoms with Gasteiger partial charge in [-0.1, -0.05) is 0 Å². The van der Waals surface area contributed by atoms with Crippen molar-refractivity contribution in [3.8, 4) is 0 Å². The highest BCUT2D eigenvalue weighted by Crippen LogP contribution is 2.25. The number of aliphatic hydroxyl groups excluding tert-OH is 6. The van der Waals surface area contributed by atoms with E-state index in [9.17, 15) is 35.4 Å². The zero-order valence-corrected chi connectivity index (χ0v) is 11.9. The highest BCUT2D eigenvalue weighted by atomic mass is 16.7. The summed E-state index contributed by atoms with van der Waals surface area (Å²) in [7, 11) is 0. The Hall–Kier alpha value is -0.970. The van der Waals surface area contributed by atoms with E-state index < -0.39 is 55.0 Å². The van der Waals surface area contributed by atoms with Crippen molar-refractivity contribution in [2.24, 2.45) is 0 Å². The first-order chi connectivity index (χ1) is 10.3. The van der Waals surface area contributed by atoms with Crippen LogP contribution in [-0.4, -0.2) is 85.6 Å². The van der Waals surface area contributed by atoms with Gasteiger partial charge in [0.15, 0.2) is 0 Å². The topological polar surface area (TPSA) is 157 Å². The summed E-state index contributed by atoms with van der Waals surface area (Å²) in [6.07, 6.45) is -10.4. The predicted molar refractivity (Wildman–Crippen MR) is 69.7 cm³/mol. The van der Waals surface area contributed by atoms with E-state index in [0.29, 0.717) is 0 Å².